The molecule has 0 atom stereocenters. The summed E-state index contributed by atoms with van der Waals surface area (Å²) in [6, 6.07) is 10.1. The van der Waals surface area contributed by atoms with Crippen molar-refractivity contribution in [3.8, 4) is 17.1 Å². The standard InChI is InChI=1S/C14H13N3O/c1-17-13(7-14(16-17)18-2)12-9-15-8-10-5-3-4-6-11(10)12/h3-9H,1-2H3. The highest BCUT2D eigenvalue weighted by Gasteiger charge is 2.10. The minimum atomic E-state index is 0.612. The monoisotopic (exact) mass is 239 g/mol. The zero-order chi connectivity index (χ0) is 12.5. The third-order valence-electron chi connectivity index (χ3n) is 3.01. The van der Waals surface area contributed by atoms with E-state index in [1.54, 1.807) is 7.11 Å². The minimum Gasteiger partial charge on any atom is -0.480 e. The van der Waals surface area contributed by atoms with Crippen molar-refractivity contribution in [2.45, 2.75) is 0 Å². The van der Waals surface area contributed by atoms with Gasteiger partial charge in [-0.1, -0.05) is 24.3 Å². The Bertz CT molecular complexity index is 698. The van der Waals surface area contributed by atoms with Crippen LogP contribution in [0.3, 0.4) is 0 Å². The Morgan fingerprint density at radius 1 is 1.17 bits per heavy atom. The van der Waals surface area contributed by atoms with Crippen molar-refractivity contribution in [3.05, 3.63) is 42.7 Å². The summed E-state index contributed by atoms with van der Waals surface area (Å²) in [6.07, 6.45) is 3.73. The summed E-state index contributed by atoms with van der Waals surface area (Å²) in [6.45, 7) is 0. The molecule has 0 aliphatic heterocycles. The highest BCUT2D eigenvalue weighted by Crippen LogP contribution is 2.29. The number of aryl methyl sites for hydroxylation is 1. The second kappa shape index (κ2) is 4.14. The van der Waals surface area contributed by atoms with Crippen molar-refractivity contribution in [1.29, 1.82) is 0 Å². The minimum absolute atomic E-state index is 0.612. The van der Waals surface area contributed by atoms with Crippen LogP contribution in [0.1, 0.15) is 0 Å². The number of pyridine rings is 1. The predicted octanol–water partition coefficient (Wildman–Crippen LogP) is 2.64. The molecule has 0 radical (unpaired) electrons. The Balaban J connectivity index is 2.27. The third kappa shape index (κ3) is 1.62. The van der Waals surface area contributed by atoms with Crippen molar-refractivity contribution in [2.24, 2.45) is 7.05 Å². The number of nitrogens with zero attached hydrogens (tertiary/aromatic N) is 3. The average Bonchev–Trinajstić information content (AvgIpc) is 2.79. The molecule has 2 heterocycles. The van der Waals surface area contributed by atoms with Gasteiger partial charge in [-0.15, -0.1) is 5.10 Å². The molecule has 0 fully saturated rings. The number of hydrogen-bond acceptors (Lipinski definition) is 3. The second-order valence-corrected chi connectivity index (χ2v) is 4.10. The van der Waals surface area contributed by atoms with Gasteiger partial charge in [-0.25, -0.2) is 0 Å². The summed E-state index contributed by atoms with van der Waals surface area (Å²) in [4.78, 5) is 4.28. The molecular formula is C14H13N3O. The molecule has 90 valence electrons. The fourth-order valence-electron chi connectivity index (χ4n) is 2.11. The van der Waals surface area contributed by atoms with Gasteiger partial charge < -0.3 is 4.74 Å². The maximum absolute atomic E-state index is 5.16. The maximum atomic E-state index is 5.16. The highest BCUT2D eigenvalue weighted by molar-refractivity contribution is 5.95. The molecular weight excluding hydrogens is 226 g/mol. The first-order chi connectivity index (χ1) is 8.79. The summed E-state index contributed by atoms with van der Waals surface area (Å²) < 4.78 is 6.96. The van der Waals surface area contributed by atoms with E-state index in [-0.39, 0.29) is 0 Å². The fraction of sp³-hybridized carbons (Fsp3) is 0.143. The van der Waals surface area contributed by atoms with Crippen LogP contribution < -0.4 is 4.74 Å². The SMILES string of the molecule is COc1cc(-c2cncc3ccccc23)n(C)n1. The Morgan fingerprint density at radius 2 is 2.00 bits per heavy atom. The summed E-state index contributed by atoms with van der Waals surface area (Å²) in [7, 11) is 3.52. The van der Waals surface area contributed by atoms with E-state index in [0.717, 1.165) is 22.0 Å². The molecule has 0 aliphatic rings. The van der Waals surface area contributed by atoms with Crippen LogP contribution in [-0.2, 0) is 7.05 Å². The smallest absolute Gasteiger partial charge is 0.233 e. The topological polar surface area (TPSA) is 39.9 Å². The molecule has 0 saturated heterocycles. The van der Waals surface area contributed by atoms with Gasteiger partial charge in [-0.05, 0) is 5.39 Å². The number of rotatable bonds is 2. The van der Waals surface area contributed by atoms with E-state index in [9.17, 15) is 0 Å². The first kappa shape index (κ1) is 10.8. The second-order valence-electron chi connectivity index (χ2n) is 4.10. The molecule has 0 amide bonds. The number of aromatic nitrogens is 3. The molecule has 0 saturated carbocycles. The lowest BCUT2D eigenvalue weighted by Gasteiger charge is -2.05. The summed E-state index contributed by atoms with van der Waals surface area (Å²) in [5.74, 6) is 0.612. The van der Waals surface area contributed by atoms with Crippen LogP contribution in [-0.4, -0.2) is 21.9 Å². The van der Waals surface area contributed by atoms with E-state index in [4.69, 9.17) is 4.74 Å². The lowest BCUT2D eigenvalue weighted by atomic mass is 10.1. The molecule has 0 N–H and O–H groups in total. The highest BCUT2D eigenvalue weighted by atomic mass is 16.5. The maximum Gasteiger partial charge on any atom is 0.233 e. The lowest BCUT2D eigenvalue weighted by molar-refractivity contribution is 0.392. The van der Waals surface area contributed by atoms with Gasteiger partial charge in [-0.2, -0.15) is 0 Å². The molecule has 2 aromatic heterocycles. The van der Waals surface area contributed by atoms with Crippen LogP contribution in [0.15, 0.2) is 42.7 Å². The Kier molecular flexibility index (Phi) is 2.48. The van der Waals surface area contributed by atoms with Gasteiger partial charge >= 0.3 is 0 Å². The van der Waals surface area contributed by atoms with Crippen LogP contribution in [0.5, 0.6) is 5.88 Å². The number of benzene rings is 1. The van der Waals surface area contributed by atoms with Crippen LogP contribution >= 0.6 is 0 Å². The molecule has 1 aromatic carbocycles. The van der Waals surface area contributed by atoms with Crippen LogP contribution in [0.25, 0.3) is 22.0 Å². The van der Waals surface area contributed by atoms with Crippen LogP contribution in [0, 0.1) is 0 Å². The van der Waals surface area contributed by atoms with E-state index in [0.29, 0.717) is 5.88 Å². The molecule has 3 aromatic rings. The van der Waals surface area contributed by atoms with Gasteiger partial charge in [0, 0.05) is 36.5 Å². The van der Waals surface area contributed by atoms with Gasteiger partial charge in [0.1, 0.15) is 0 Å². The van der Waals surface area contributed by atoms with Gasteiger partial charge in [0.05, 0.1) is 12.8 Å². The number of ether oxygens (including phenoxy) is 1. The van der Waals surface area contributed by atoms with Crippen molar-refractivity contribution >= 4 is 10.8 Å². The van der Waals surface area contributed by atoms with Crippen molar-refractivity contribution < 1.29 is 4.74 Å². The largest absolute Gasteiger partial charge is 0.480 e. The molecule has 18 heavy (non-hydrogen) atoms. The van der Waals surface area contributed by atoms with E-state index < -0.39 is 0 Å². The zero-order valence-corrected chi connectivity index (χ0v) is 10.3. The molecule has 4 nitrogen and oxygen atoms in total. The quantitative estimate of drug-likeness (QED) is 0.690. The van der Waals surface area contributed by atoms with Crippen LogP contribution in [0.4, 0.5) is 0 Å². The normalized spacial score (nSPS) is 10.8. The number of fused-ring (bicyclic) bond motifs is 1. The molecule has 4 heteroatoms. The average molecular weight is 239 g/mol. The summed E-state index contributed by atoms with van der Waals surface area (Å²) in [5.41, 5.74) is 2.06. The zero-order valence-electron chi connectivity index (χ0n) is 10.3. The number of hydrogen-bond donors (Lipinski definition) is 0. The van der Waals surface area contributed by atoms with Crippen LogP contribution in [0.2, 0.25) is 0 Å². The van der Waals surface area contributed by atoms with E-state index in [2.05, 4.69) is 22.2 Å². The molecule has 0 bridgehead atoms. The molecule has 0 aliphatic carbocycles. The van der Waals surface area contributed by atoms with Crippen molar-refractivity contribution in [1.82, 2.24) is 14.8 Å². The predicted molar refractivity (Wildman–Crippen MR) is 70.5 cm³/mol. The Hall–Kier alpha value is -2.36. The summed E-state index contributed by atoms with van der Waals surface area (Å²) in [5, 5.41) is 6.56. The van der Waals surface area contributed by atoms with E-state index >= 15 is 0 Å². The first-order valence-corrected chi connectivity index (χ1v) is 5.71. The summed E-state index contributed by atoms with van der Waals surface area (Å²) >= 11 is 0. The van der Waals surface area contributed by atoms with E-state index in [1.807, 2.05) is 42.3 Å². The Labute approximate surface area is 105 Å². The fourth-order valence-corrected chi connectivity index (χ4v) is 2.11. The third-order valence-corrected chi connectivity index (χ3v) is 3.01. The van der Waals surface area contributed by atoms with E-state index in [1.165, 1.54) is 0 Å². The van der Waals surface area contributed by atoms with Gasteiger partial charge in [0.2, 0.25) is 5.88 Å². The molecule has 0 spiro atoms. The molecule has 0 unspecified atom stereocenters. The van der Waals surface area contributed by atoms with Crippen molar-refractivity contribution in [2.75, 3.05) is 7.11 Å². The van der Waals surface area contributed by atoms with Gasteiger partial charge in [0.25, 0.3) is 0 Å². The Morgan fingerprint density at radius 3 is 2.78 bits per heavy atom. The lowest BCUT2D eigenvalue weighted by Crippen LogP contribution is -1.95. The van der Waals surface area contributed by atoms with Crippen molar-refractivity contribution in [3.63, 3.8) is 0 Å². The van der Waals surface area contributed by atoms with Gasteiger partial charge in [-0.3, -0.25) is 9.67 Å². The van der Waals surface area contributed by atoms with Gasteiger partial charge in [0.15, 0.2) is 0 Å². The molecule has 3 rings (SSSR count). The first-order valence-electron chi connectivity index (χ1n) is 5.71. The number of methoxy groups -OCH3 is 1.